The van der Waals surface area contributed by atoms with Crippen LogP contribution in [0, 0.1) is 6.92 Å². The Bertz CT molecular complexity index is 1430. The summed E-state index contributed by atoms with van der Waals surface area (Å²) in [5, 5.41) is 18.0. The van der Waals surface area contributed by atoms with E-state index in [4.69, 9.17) is 4.74 Å². The predicted molar refractivity (Wildman–Crippen MR) is 171 cm³/mol. The van der Waals surface area contributed by atoms with Crippen molar-refractivity contribution >= 4 is 46.1 Å². The molecule has 3 N–H and O–H groups in total. The first-order valence-electron chi connectivity index (χ1n) is 14.0. The molecule has 0 aliphatic rings. The summed E-state index contributed by atoms with van der Waals surface area (Å²) in [7, 11) is 0. The first kappa shape index (κ1) is 32.8. The number of rotatable bonds is 9. The second-order valence-electron chi connectivity index (χ2n) is 12.4. The molecule has 0 aliphatic heterocycles. The van der Waals surface area contributed by atoms with Crippen LogP contribution in [-0.4, -0.2) is 57.1 Å². The van der Waals surface area contributed by atoms with Gasteiger partial charge in [0.25, 0.3) is 5.91 Å². The van der Waals surface area contributed by atoms with Crippen LogP contribution >= 0.6 is 11.8 Å². The number of nitrogens with one attached hydrogen (secondary N) is 2. The molecule has 9 heteroatoms. The SMILES string of the molecule is CSCCC(NC(=O)OC(C)(C)C)C(=O)N(C(C(=O)Nc1ccc2ccccc2c1)c1ccc(O)c(C)c1)C(C)(C)C. The van der Waals surface area contributed by atoms with Crippen molar-refractivity contribution in [1.29, 1.82) is 0 Å². The minimum atomic E-state index is -1.07. The molecule has 8 nitrogen and oxygen atoms in total. The van der Waals surface area contributed by atoms with E-state index < -0.39 is 41.1 Å². The summed E-state index contributed by atoms with van der Waals surface area (Å²) in [6.45, 7) is 12.6. The first-order valence-corrected chi connectivity index (χ1v) is 15.4. The highest BCUT2D eigenvalue weighted by atomic mass is 32.2. The van der Waals surface area contributed by atoms with E-state index in [1.54, 1.807) is 51.6 Å². The van der Waals surface area contributed by atoms with Crippen LogP contribution in [-0.2, 0) is 14.3 Å². The first-order chi connectivity index (χ1) is 19.6. The summed E-state index contributed by atoms with van der Waals surface area (Å²) < 4.78 is 5.46. The number of ether oxygens (including phenoxy) is 1. The van der Waals surface area contributed by atoms with Crippen LogP contribution in [0.3, 0.4) is 0 Å². The number of fused-ring (bicyclic) bond motifs is 1. The van der Waals surface area contributed by atoms with Crippen LogP contribution in [0.15, 0.2) is 60.7 Å². The van der Waals surface area contributed by atoms with Crippen molar-refractivity contribution in [2.75, 3.05) is 17.3 Å². The van der Waals surface area contributed by atoms with Gasteiger partial charge in [0, 0.05) is 11.2 Å². The molecule has 0 spiro atoms. The molecule has 3 amide bonds. The van der Waals surface area contributed by atoms with Crippen LogP contribution in [0.2, 0.25) is 0 Å². The van der Waals surface area contributed by atoms with E-state index in [0.29, 0.717) is 29.0 Å². The Morgan fingerprint density at radius 3 is 2.21 bits per heavy atom. The Morgan fingerprint density at radius 1 is 0.952 bits per heavy atom. The highest BCUT2D eigenvalue weighted by molar-refractivity contribution is 7.98. The summed E-state index contributed by atoms with van der Waals surface area (Å²) in [4.78, 5) is 42.9. The molecule has 226 valence electrons. The monoisotopic (exact) mass is 593 g/mol. The highest BCUT2D eigenvalue weighted by Gasteiger charge is 2.42. The number of hydrogen-bond acceptors (Lipinski definition) is 6. The molecule has 0 aromatic heterocycles. The zero-order valence-electron chi connectivity index (χ0n) is 25.8. The number of alkyl carbamates (subject to hydrolysis) is 1. The van der Waals surface area contributed by atoms with E-state index >= 15 is 0 Å². The van der Waals surface area contributed by atoms with Gasteiger partial charge in [0.15, 0.2) is 0 Å². The summed E-state index contributed by atoms with van der Waals surface area (Å²) in [6, 6.07) is 16.4. The number of phenolic OH excluding ortho intramolecular Hbond substituents is 1. The van der Waals surface area contributed by atoms with Gasteiger partial charge in [0.1, 0.15) is 23.4 Å². The van der Waals surface area contributed by atoms with E-state index in [0.717, 1.165) is 10.8 Å². The molecule has 3 aromatic carbocycles. The summed E-state index contributed by atoms with van der Waals surface area (Å²) in [5.74, 6) is -0.131. The Labute approximate surface area is 253 Å². The smallest absolute Gasteiger partial charge is 0.408 e. The minimum Gasteiger partial charge on any atom is -0.508 e. The van der Waals surface area contributed by atoms with Gasteiger partial charge in [0.05, 0.1) is 0 Å². The fourth-order valence-electron chi connectivity index (χ4n) is 4.70. The molecule has 0 fully saturated rings. The molecule has 2 atom stereocenters. The molecule has 0 radical (unpaired) electrons. The third kappa shape index (κ3) is 8.64. The number of aromatic hydroxyl groups is 1. The van der Waals surface area contributed by atoms with Crippen LogP contribution in [0.1, 0.15) is 65.1 Å². The lowest BCUT2D eigenvalue weighted by atomic mass is 9.94. The molecule has 0 bridgehead atoms. The number of carbonyl (C=O) groups is 3. The van der Waals surface area contributed by atoms with Crippen LogP contribution < -0.4 is 10.6 Å². The Hall–Kier alpha value is -3.72. The molecule has 0 aliphatic carbocycles. The number of thioether (sulfide) groups is 1. The summed E-state index contributed by atoms with van der Waals surface area (Å²) in [6.07, 6.45) is 1.57. The van der Waals surface area contributed by atoms with Gasteiger partial charge in [-0.05, 0) is 113 Å². The highest BCUT2D eigenvalue weighted by Crippen LogP contribution is 2.33. The Balaban J connectivity index is 2.08. The zero-order chi connectivity index (χ0) is 31.2. The lowest BCUT2D eigenvalue weighted by molar-refractivity contribution is -0.146. The number of benzene rings is 3. The van der Waals surface area contributed by atoms with Gasteiger partial charge in [-0.2, -0.15) is 11.8 Å². The molecule has 3 rings (SSSR count). The number of anilines is 1. The molecule has 0 saturated carbocycles. The Kier molecular flexibility index (Phi) is 10.5. The quantitative estimate of drug-likeness (QED) is 0.252. The third-order valence-corrected chi connectivity index (χ3v) is 7.26. The van der Waals surface area contributed by atoms with Crippen molar-refractivity contribution in [1.82, 2.24) is 10.2 Å². The second kappa shape index (κ2) is 13.5. The van der Waals surface area contributed by atoms with Gasteiger partial charge in [-0.25, -0.2) is 4.79 Å². The molecule has 0 saturated heterocycles. The number of aryl methyl sites for hydroxylation is 1. The standard InChI is InChI=1S/C33H43N3O5S/c1-21-19-24(14-16-27(21)37)28(29(38)34-25-15-13-22-11-9-10-12-23(22)20-25)36(32(2,3)4)30(39)26(17-18-42-8)35-31(40)41-33(5,6)7/h9-16,19-20,26,28,37H,17-18H2,1-8H3,(H,34,38)(H,35,40). The summed E-state index contributed by atoms with van der Waals surface area (Å²) in [5.41, 5.74) is 0.121. The maximum Gasteiger partial charge on any atom is 0.408 e. The van der Waals surface area contributed by atoms with E-state index in [9.17, 15) is 19.5 Å². The normalized spacial score (nSPS) is 13.2. The van der Waals surface area contributed by atoms with Crippen molar-refractivity contribution in [3.8, 4) is 5.75 Å². The maximum atomic E-state index is 14.4. The van der Waals surface area contributed by atoms with Gasteiger partial charge in [0.2, 0.25) is 5.91 Å². The van der Waals surface area contributed by atoms with E-state index in [1.807, 2.05) is 69.5 Å². The molecular formula is C33H43N3O5S. The fourth-order valence-corrected chi connectivity index (χ4v) is 5.17. The van der Waals surface area contributed by atoms with Crippen molar-refractivity contribution in [2.45, 2.75) is 78.1 Å². The van der Waals surface area contributed by atoms with Crippen LogP contribution in [0.4, 0.5) is 10.5 Å². The van der Waals surface area contributed by atoms with E-state index in [-0.39, 0.29) is 5.75 Å². The van der Waals surface area contributed by atoms with Gasteiger partial charge in [-0.15, -0.1) is 0 Å². The van der Waals surface area contributed by atoms with Crippen molar-refractivity contribution in [3.63, 3.8) is 0 Å². The third-order valence-electron chi connectivity index (χ3n) is 6.62. The van der Waals surface area contributed by atoms with E-state index in [2.05, 4.69) is 10.6 Å². The number of phenols is 1. The molecular weight excluding hydrogens is 550 g/mol. The Morgan fingerprint density at radius 2 is 1.62 bits per heavy atom. The van der Waals surface area contributed by atoms with Gasteiger partial charge in [-0.1, -0.05) is 36.4 Å². The molecule has 0 heterocycles. The summed E-state index contributed by atoms with van der Waals surface area (Å²) >= 11 is 1.55. The van der Waals surface area contributed by atoms with E-state index in [1.165, 1.54) is 11.0 Å². The van der Waals surface area contributed by atoms with Crippen molar-refractivity contribution < 1.29 is 24.2 Å². The second-order valence-corrected chi connectivity index (χ2v) is 13.3. The number of amides is 3. The van der Waals surface area contributed by atoms with Gasteiger partial charge < -0.3 is 25.4 Å². The number of carbonyl (C=O) groups excluding carboxylic acids is 3. The van der Waals surface area contributed by atoms with Gasteiger partial charge in [-0.3, -0.25) is 9.59 Å². The lowest BCUT2D eigenvalue weighted by Crippen LogP contribution is -2.58. The average molecular weight is 594 g/mol. The molecule has 42 heavy (non-hydrogen) atoms. The zero-order valence-corrected chi connectivity index (χ0v) is 26.6. The topological polar surface area (TPSA) is 108 Å². The minimum absolute atomic E-state index is 0.0884. The van der Waals surface area contributed by atoms with Crippen LogP contribution in [0.25, 0.3) is 10.8 Å². The number of hydrogen-bond donors (Lipinski definition) is 3. The molecule has 3 aromatic rings. The van der Waals surface area contributed by atoms with Crippen molar-refractivity contribution in [2.24, 2.45) is 0 Å². The largest absolute Gasteiger partial charge is 0.508 e. The van der Waals surface area contributed by atoms with Gasteiger partial charge >= 0.3 is 6.09 Å². The maximum absolute atomic E-state index is 14.4. The average Bonchev–Trinajstić information content (AvgIpc) is 2.89. The molecule has 2 unspecified atom stereocenters. The number of nitrogens with zero attached hydrogens (tertiary/aromatic N) is 1. The van der Waals surface area contributed by atoms with Crippen LogP contribution in [0.5, 0.6) is 5.75 Å². The van der Waals surface area contributed by atoms with Crippen molar-refractivity contribution in [3.05, 3.63) is 71.8 Å². The lowest BCUT2D eigenvalue weighted by Gasteiger charge is -2.43. The predicted octanol–water partition coefficient (Wildman–Crippen LogP) is 6.81. The fraction of sp³-hybridized carbons (Fsp3) is 0.424.